The Morgan fingerprint density at radius 2 is 1.76 bits per heavy atom. The Kier molecular flexibility index (Phi) is 9.68. The van der Waals surface area contributed by atoms with Crippen LogP contribution in [-0.2, 0) is 16.0 Å². The van der Waals surface area contributed by atoms with Gasteiger partial charge in [-0.3, -0.25) is 9.59 Å². The van der Waals surface area contributed by atoms with Crippen LogP contribution in [-0.4, -0.2) is 60.0 Å². The number of rotatable bonds is 11. The maximum atomic E-state index is 13.7. The molecule has 7 nitrogen and oxygen atoms in total. The van der Waals surface area contributed by atoms with Crippen molar-refractivity contribution in [3.05, 3.63) is 57.4 Å². The number of esters is 1. The molecule has 1 amide bonds. The van der Waals surface area contributed by atoms with Gasteiger partial charge in [-0.1, -0.05) is 11.6 Å². The summed E-state index contributed by atoms with van der Waals surface area (Å²) in [5.41, 5.74) is 2.53. The van der Waals surface area contributed by atoms with Gasteiger partial charge in [0.15, 0.2) is 5.78 Å². The highest BCUT2D eigenvalue weighted by Gasteiger charge is 2.33. The van der Waals surface area contributed by atoms with E-state index in [1.165, 1.54) is 0 Å². The van der Waals surface area contributed by atoms with Crippen molar-refractivity contribution >= 4 is 29.3 Å². The molecule has 0 saturated carbocycles. The van der Waals surface area contributed by atoms with E-state index in [4.69, 9.17) is 21.1 Å². The first-order chi connectivity index (χ1) is 15.7. The topological polar surface area (TPSA) is 77.8 Å². The van der Waals surface area contributed by atoms with Crippen molar-refractivity contribution in [2.75, 3.05) is 26.9 Å². The molecule has 1 unspecified atom stereocenters. The van der Waals surface area contributed by atoms with Crippen LogP contribution in [0.3, 0.4) is 0 Å². The molecule has 0 radical (unpaired) electrons. The monoisotopic (exact) mass is 476 g/mol. The number of aromatic nitrogens is 1. The first-order valence-corrected chi connectivity index (χ1v) is 11.5. The Morgan fingerprint density at radius 1 is 1.12 bits per heavy atom. The highest BCUT2D eigenvalue weighted by molar-refractivity contribution is 6.30. The second kappa shape index (κ2) is 12.0. The number of carbonyl (C=O) groups excluding carboxylic acids is 3. The molecular formula is C25H33ClN2O5. The lowest BCUT2D eigenvalue weighted by Crippen LogP contribution is -2.44. The van der Waals surface area contributed by atoms with Gasteiger partial charge in [0.05, 0.1) is 12.6 Å². The minimum absolute atomic E-state index is 0.220. The van der Waals surface area contributed by atoms with Gasteiger partial charge in [-0.2, -0.15) is 0 Å². The molecular weight excluding hydrogens is 444 g/mol. The molecule has 0 N–H and O–H groups in total. The molecule has 0 aliphatic heterocycles. The van der Waals surface area contributed by atoms with E-state index in [1.807, 2.05) is 13.8 Å². The van der Waals surface area contributed by atoms with Crippen molar-refractivity contribution in [1.82, 2.24) is 9.47 Å². The zero-order valence-electron chi connectivity index (χ0n) is 20.2. The van der Waals surface area contributed by atoms with E-state index in [-0.39, 0.29) is 18.3 Å². The van der Waals surface area contributed by atoms with Crippen LogP contribution in [0.1, 0.15) is 69.7 Å². The van der Waals surface area contributed by atoms with Gasteiger partial charge in [0, 0.05) is 48.6 Å². The van der Waals surface area contributed by atoms with E-state index in [9.17, 15) is 14.4 Å². The molecule has 8 heteroatoms. The second-order valence-corrected chi connectivity index (χ2v) is 8.23. The Labute approximate surface area is 200 Å². The molecule has 0 bridgehead atoms. The van der Waals surface area contributed by atoms with Crippen molar-refractivity contribution in [3.63, 3.8) is 0 Å². The molecule has 33 heavy (non-hydrogen) atoms. The quantitative estimate of drug-likeness (QED) is 0.267. The molecule has 1 aromatic carbocycles. The molecule has 0 spiro atoms. The predicted molar refractivity (Wildman–Crippen MR) is 128 cm³/mol. The lowest BCUT2D eigenvalue weighted by atomic mass is 9.99. The van der Waals surface area contributed by atoms with Crippen LogP contribution < -0.4 is 0 Å². The highest BCUT2D eigenvalue weighted by atomic mass is 35.5. The number of carbonyl (C=O) groups is 3. The zero-order chi connectivity index (χ0) is 24.7. The van der Waals surface area contributed by atoms with Crippen LogP contribution >= 0.6 is 11.6 Å². The van der Waals surface area contributed by atoms with E-state index in [0.29, 0.717) is 59.2 Å². The van der Waals surface area contributed by atoms with Crippen LogP contribution in [0.5, 0.6) is 0 Å². The van der Waals surface area contributed by atoms with E-state index in [0.717, 1.165) is 0 Å². The summed E-state index contributed by atoms with van der Waals surface area (Å²) in [5, 5.41) is 0.528. The van der Waals surface area contributed by atoms with E-state index >= 15 is 0 Å². The molecule has 0 saturated heterocycles. The van der Waals surface area contributed by atoms with Crippen molar-refractivity contribution in [1.29, 1.82) is 0 Å². The van der Waals surface area contributed by atoms with Crippen LogP contribution in [0, 0.1) is 13.8 Å². The minimum Gasteiger partial charge on any atom is -0.461 e. The maximum absolute atomic E-state index is 13.7. The number of ketones is 1. The van der Waals surface area contributed by atoms with E-state index in [2.05, 4.69) is 0 Å². The number of hydrogen-bond acceptors (Lipinski definition) is 5. The average molecular weight is 477 g/mol. The zero-order valence-corrected chi connectivity index (χ0v) is 21.0. The summed E-state index contributed by atoms with van der Waals surface area (Å²) in [6, 6.07) is 5.85. The number of methoxy groups -OCH3 is 1. The molecule has 0 fully saturated rings. The molecule has 1 atom stereocenters. The third-order valence-electron chi connectivity index (χ3n) is 5.74. The SMILES string of the molecule is CCOC(=O)c1c(C)c(C(=O)C(C)N(CCCOC)C(=O)c2ccc(Cl)cc2)c(C)n1CC. The minimum atomic E-state index is -0.745. The van der Waals surface area contributed by atoms with Crippen LogP contribution in [0.2, 0.25) is 5.02 Å². The first-order valence-electron chi connectivity index (χ1n) is 11.2. The lowest BCUT2D eigenvalue weighted by Gasteiger charge is -2.29. The summed E-state index contributed by atoms with van der Waals surface area (Å²) < 4.78 is 12.2. The summed E-state index contributed by atoms with van der Waals surface area (Å²) in [5.74, 6) is -0.942. The average Bonchev–Trinajstić information content (AvgIpc) is 3.05. The fourth-order valence-corrected chi connectivity index (χ4v) is 4.20. The largest absolute Gasteiger partial charge is 0.461 e. The number of amides is 1. The van der Waals surface area contributed by atoms with Gasteiger partial charge in [-0.25, -0.2) is 4.79 Å². The number of hydrogen-bond donors (Lipinski definition) is 0. The molecule has 1 aromatic heterocycles. The predicted octanol–water partition coefficient (Wildman–Crippen LogP) is 4.71. The smallest absolute Gasteiger partial charge is 0.355 e. The van der Waals surface area contributed by atoms with Crippen molar-refractivity contribution in [3.8, 4) is 0 Å². The number of halogens is 1. The number of nitrogens with zero attached hydrogens (tertiary/aromatic N) is 2. The lowest BCUT2D eigenvalue weighted by molar-refractivity contribution is 0.0512. The normalized spacial score (nSPS) is 11.8. The van der Waals surface area contributed by atoms with Gasteiger partial charge in [0.2, 0.25) is 0 Å². The van der Waals surface area contributed by atoms with Gasteiger partial charge in [-0.15, -0.1) is 0 Å². The van der Waals surface area contributed by atoms with Gasteiger partial charge in [0.1, 0.15) is 5.69 Å². The van der Waals surface area contributed by atoms with Crippen LogP contribution in [0.25, 0.3) is 0 Å². The Balaban J connectivity index is 2.46. The third-order valence-corrected chi connectivity index (χ3v) is 6.00. The fraction of sp³-hybridized carbons (Fsp3) is 0.480. The molecule has 0 aliphatic rings. The second-order valence-electron chi connectivity index (χ2n) is 7.79. The van der Waals surface area contributed by atoms with E-state index in [1.54, 1.807) is 61.6 Å². The first kappa shape index (κ1) is 26.6. The number of Topliss-reactive ketones (excluding diaryl/α,β-unsaturated/α-hetero) is 1. The Morgan fingerprint density at radius 3 is 2.30 bits per heavy atom. The fourth-order valence-electron chi connectivity index (χ4n) is 4.07. The summed E-state index contributed by atoms with van der Waals surface area (Å²) in [4.78, 5) is 41.2. The van der Waals surface area contributed by atoms with Crippen LogP contribution in [0.15, 0.2) is 24.3 Å². The van der Waals surface area contributed by atoms with Crippen LogP contribution in [0.4, 0.5) is 0 Å². The molecule has 2 rings (SSSR count). The van der Waals surface area contributed by atoms with Gasteiger partial charge >= 0.3 is 5.97 Å². The molecule has 1 heterocycles. The molecule has 2 aromatic rings. The number of ether oxygens (including phenoxy) is 2. The van der Waals surface area contributed by atoms with E-state index < -0.39 is 12.0 Å². The Hall–Kier alpha value is -2.64. The summed E-state index contributed by atoms with van der Waals surface area (Å²) in [6.45, 7) is 10.5. The summed E-state index contributed by atoms with van der Waals surface area (Å²) in [6.07, 6.45) is 0.579. The standard InChI is InChI=1S/C25H33ClN2O5/c1-7-27-17(4)21(16(3)22(27)25(31)33-8-2)23(29)18(5)28(14-9-15-32-6)24(30)19-10-12-20(26)13-11-19/h10-13,18H,7-9,14-15H2,1-6H3. The highest BCUT2D eigenvalue weighted by Crippen LogP contribution is 2.26. The Bertz CT molecular complexity index is 997. The van der Waals surface area contributed by atoms with Gasteiger partial charge in [0.25, 0.3) is 5.91 Å². The van der Waals surface area contributed by atoms with Crippen molar-refractivity contribution < 1.29 is 23.9 Å². The molecule has 180 valence electrons. The molecule has 0 aliphatic carbocycles. The van der Waals surface area contributed by atoms with Crippen molar-refractivity contribution in [2.45, 2.75) is 53.6 Å². The summed E-state index contributed by atoms with van der Waals surface area (Å²) in [7, 11) is 1.59. The van der Waals surface area contributed by atoms with Crippen molar-refractivity contribution in [2.24, 2.45) is 0 Å². The summed E-state index contributed by atoms with van der Waals surface area (Å²) >= 11 is 5.97. The number of benzene rings is 1. The third kappa shape index (κ3) is 5.84. The van der Waals surface area contributed by atoms with Gasteiger partial charge < -0.3 is 18.9 Å². The maximum Gasteiger partial charge on any atom is 0.355 e. The van der Waals surface area contributed by atoms with Gasteiger partial charge in [-0.05, 0) is 70.9 Å².